The van der Waals surface area contributed by atoms with Gasteiger partial charge in [0.25, 0.3) is 0 Å². The number of fused-ring (bicyclic) bond motifs is 1. The lowest BCUT2D eigenvalue weighted by molar-refractivity contribution is -0.0963. The second kappa shape index (κ2) is 4.23. The molecule has 1 unspecified atom stereocenters. The fourth-order valence-electron chi connectivity index (χ4n) is 2.53. The first-order valence-electron chi connectivity index (χ1n) is 5.97. The third kappa shape index (κ3) is 1.75. The van der Waals surface area contributed by atoms with E-state index in [1.54, 1.807) is 6.07 Å². The lowest BCUT2D eigenvalue weighted by atomic mass is 9.76. The van der Waals surface area contributed by atoms with Gasteiger partial charge in [0, 0.05) is 0 Å². The van der Waals surface area contributed by atoms with Gasteiger partial charge in [0.15, 0.2) is 5.58 Å². The van der Waals surface area contributed by atoms with Crippen molar-refractivity contribution in [2.24, 2.45) is 5.41 Å². The zero-order valence-electron chi connectivity index (χ0n) is 10.4. The van der Waals surface area contributed by atoms with E-state index in [1.807, 2.05) is 19.2 Å². The van der Waals surface area contributed by atoms with Gasteiger partial charge in [-0.2, -0.15) is 5.26 Å². The molecule has 0 radical (unpaired) electrons. The van der Waals surface area contributed by atoms with Gasteiger partial charge in [0.05, 0.1) is 30.8 Å². The number of nitrogens with zero attached hydrogens (tertiary/aromatic N) is 1. The number of rotatable bonds is 3. The van der Waals surface area contributed by atoms with E-state index in [4.69, 9.17) is 9.15 Å². The van der Waals surface area contributed by atoms with Crippen LogP contribution in [-0.2, 0) is 4.74 Å². The van der Waals surface area contributed by atoms with Gasteiger partial charge in [-0.3, -0.25) is 4.98 Å². The average molecular weight is 259 g/mol. The van der Waals surface area contributed by atoms with Crippen LogP contribution in [0.25, 0.3) is 11.1 Å². The molecule has 6 nitrogen and oxygen atoms in total. The van der Waals surface area contributed by atoms with E-state index in [-0.39, 0.29) is 6.04 Å². The first-order valence-corrected chi connectivity index (χ1v) is 5.97. The predicted octanol–water partition coefficient (Wildman–Crippen LogP) is 0.922. The van der Waals surface area contributed by atoms with E-state index < -0.39 is 11.2 Å². The van der Waals surface area contributed by atoms with Crippen LogP contribution in [0.3, 0.4) is 0 Å². The van der Waals surface area contributed by atoms with Gasteiger partial charge >= 0.3 is 5.76 Å². The molecule has 1 saturated heterocycles. The normalized spacial score (nSPS) is 18.7. The zero-order valence-corrected chi connectivity index (χ0v) is 10.4. The summed E-state index contributed by atoms with van der Waals surface area (Å²) in [6.45, 7) is 0.823. The molecule has 1 aromatic heterocycles. The predicted molar refractivity (Wildman–Crippen MR) is 67.5 cm³/mol. The molecule has 1 aromatic carbocycles. The van der Waals surface area contributed by atoms with Crippen LogP contribution < -0.4 is 11.1 Å². The minimum Gasteiger partial charge on any atom is -0.408 e. The van der Waals surface area contributed by atoms with Crippen LogP contribution >= 0.6 is 0 Å². The highest BCUT2D eigenvalue weighted by Gasteiger charge is 2.46. The summed E-state index contributed by atoms with van der Waals surface area (Å²) in [5.41, 5.74) is 1.53. The molecule has 1 atom stereocenters. The summed E-state index contributed by atoms with van der Waals surface area (Å²) in [6.07, 6.45) is 0. The fraction of sp³-hybridized carbons (Fsp3) is 0.385. The topological polar surface area (TPSA) is 91.0 Å². The maximum Gasteiger partial charge on any atom is 0.417 e. The van der Waals surface area contributed by atoms with Crippen molar-refractivity contribution < 1.29 is 9.15 Å². The van der Waals surface area contributed by atoms with E-state index in [1.165, 1.54) is 0 Å². The van der Waals surface area contributed by atoms with Gasteiger partial charge in [0.2, 0.25) is 0 Å². The number of ether oxygens (including phenoxy) is 1. The van der Waals surface area contributed by atoms with E-state index >= 15 is 0 Å². The van der Waals surface area contributed by atoms with Crippen LogP contribution in [-0.4, -0.2) is 25.2 Å². The molecule has 3 rings (SSSR count). The Morgan fingerprint density at radius 2 is 2.32 bits per heavy atom. The molecule has 0 aliphatic carbocycles. The molecular weight excluding hydrogens is 246 g/mol. The van der Waals surface area contributed by atoms with E-state index in [9.17, 15) is 10.1 Å². The van der Waals surface area contributed by atoms with Crippen LogP contribution in [0.4, 0.5) is 0 Å². The lowest BCUT2D eigenvalue weighted by Gasteiger charge is -2.41. The molecule has 1 aliphatic rings. The van der Waals surface area contributed by atoms with Gasteiger partial charge in [-0.25, -0.2) is 4.79 Å². The number of hydrogen-bond donors (Lipinski definition) is 2. The lowest BCUT2D eigenvalue weighted by Crippen LogP contribution is -2.50. The van der Waals surface area contributed by atoms with Gasteiger partial charge in [-0.15, -0.1) is 0 Å². The summed E-state index contributed by atoms with van der Waals surface area (Å²) in [4.78, 5) is 13.8. The number of hydrogen-bond acceptors (Lipinski definition) is 5. The number of H-pyrrole nitrogens is 1. The second-order valence-electron chi connectivity index (χ2n) is 4.75. The van der Waals surface area contributed by atoms with Crippen molar-refractivity contribution in [3.63, 3.8) is 0 Å². The van der Waals surface area contributed by atoms with Crippen molar-refractivity contribution in [2.45, 2.75) is 6.04 Å². The number of oxazole rings is 1. The molecular formula is C13H13N3O3. The van der Waals surface area contributed by atoms with Crippen LogP contribution in [0.2, 0.25) is 0 Å². The highest BCUT2D eigenvalue weighted by Crippen LogP contribution is 2.40. The second-order valence-corrected chi connectivity index (χ2v) is 4.75. The summed E-state index contributed by atoms with van der Waals surface area (Å²) in [7, 11) is 1.81. The maximum atomic E-state index is 11.1. The third-order valence-electron chi connectivity index (χ3n) is 3.56. The molecule has 19 heavy (non-hydrogen) atoms. The van der Waals surface area contributed by atoms with Gasteiger partial charge in [-0.1, -0.05) is 6.07 Å². The Kier molecular flexibility index (Phi) is 2.66. The molecule has 2 aromatic rings. The Labute approximate surface area is 109 Å². The van der Waals surface area contributed by atoms with E-state index in [0.29, 0.717) is 24.3 Å². The van der Waals surface area contributed by atoms with Crippen molar-refractivity contribution in [1.29, 1.82) is 5.26 Å². The monoisotopic (exact) mass is 259 g/mol. The molecule has 0 bridgehead atoms. The summed E-state index contributed by atoms with van der Waals surface area (Å²) in [5.74, 6) is -0.477. The molecule has 1 fully saturated rings. The SMILES string of the molecule is CNC(c1ccc2oc(=O)[nH]c2c1)C1(C#N)COC1. The molecule has 0 amide bonds. The Bertz CT molecular complexity index is 706. The van der Waals surface area contributed by atoms with Crippen LogP contribution in [0.5, 0.6) is 0 Å². The summed E-state index contributed by atoms with van der Waals surface area (Å²) < 4.78 is 10.2. The Hall–Kier alpha value is -2.10. The fourth-order valence-corrected chi connectivity index (χ4v) is 2.53. The number of nitriles is 1. The highest BCUT2D eigenvalue weighted by molar-refractivity contribution is 5.73. The molecule has 2 heterocycles. The zero-order chi connectivity index (χ0) is 13.5. The minimum absolute atomic E-state index is 0.144. The van der Waals surface area contributed by atoms with Crippen molar-refractivity contribution in [1.82, 2.24) is 10.3 Å². The van der Waals surface area contributed by atoms with Crippen molar-refractivity contribution in [2.75, 3.05) is 20.3 Å². The van der Waals surface area contributed by atoms with Crippen LogP contribution in [0.15, 0.2) is 27.4 Å². The minimum atomic E-state index is -0.549. The number of aromatic nitrogens is 1. The van der Waals surface area contributed by atoms with Crippen molar-refractivity contribution in [3.8, 4) is 6.07 Å². The maximum absolute atomic E-state index is 11.1. The summed E-state index contributed by atoms with van der Waals surface area (Å²) >= 11 is 0. The third-order valence-corrected chi connectivity index (χ3v) is 3.56. The molecule has 0 saturated carbocycles. The van der Waals surface area contributed by atoms with Gasteiger partial charge < -0.3 is 14.5 Å². The van der Waals surface area contributed by atoms with Crippen LogP contribution in [0, 0.1) is 16.7 Å². The average Bonchev–Trinajstić information content (AvgIpc) is 2.72. The first kappa shape index (κ1) is 12.0. The quantitative estimate of drug-likeness (QED) is 0.855. The molecule has 6 heteroatoms. The van der Waals surface area contributed by atoms with Gasteiger partial charge in [-0.05, 0) is 24.7 Å². The van der Waals surface area contributed by atoms with E-state index in [2.05, 4.69) is 16.4 Å². The standard InChI is InChI=1S/C13H13N3O3/c1-15-11(13(5-14)6-18-7-13)8-2-3-10-9(4-8)16-12(17)19-10/h2-4,11,15H,6-7H2,1H3,(H,16,17). The van der Waals surface area contributed by atoms with Crippen LogP contribution in [0.1, 0.15) is 11.6 Å². The molecule has 1 aliphatic heterocycles. The van der Waals surface area contributed by atoms with E-state index in [0.717, 1.165) is 5.56 Å². The first-order chi connectivity index (χ1) is 9.18. The molecule has 98 valence electrons. The summed E-state index contributed by atoms with van der Waals surface area (Å²) in [5, 5.41) is 12.5. The van der Waals surface area contributed by atoms with Crippen molar-refractivity contribution in [3.05, 3.63) is 34.3 Å². The Morgan fingerprint density at radius 1 is 1.53 bits per heavy atom. The number of nitrogens with one attached hydrogen (secondary N) is 2. The smallest absolute Gasteiger partial charge is 0.408 e. The van der Waals surface area contributed by atoms with Gasteiger partial charge in [0.1, 0.15) is 5.41 Å². The molecule has 2 N–H and O–H groups in total. The Morgan fingerprint density at radius 3 is 2.89 bits per heavy atom. The Balaban J connectivity index is 2.06. The number of aromatic amines is 1. The van der Waals surface area contributed by atoms with Crippen molar-refractivity contribution >= 4 is 11.1 Å². The highest BCUT2D eigenvalue weighted by atomic mass is 16.5. The molecule has 0 spiro atoms. The largest absolute Gasteiger partial charge is 0.417 e. The number of benzene rings is 1. The summed E-state index contributed by atoms with van der Waals surface area (Å²) in [6, 6.07) is 7.62.